The Morgan fingerprint density at radius 3 is 2.55 bits per heavy atom. The highest BCUT2D eigenvalue weighted by Gasteiger charge is 2.26. The maximum atomic E-state index is 11.1. The Bertz CT molecular complexity index is 325. The van der Waals surface area contributed by atoms with Gasteiger partial charge in [0.25, 0.3) is 0 Å². The Labute approximate surface area is 118 Å². The van der Waals surface area contributed by atoms with Crippen LogP contribution in [0.2, 0.25) is 0 Å². The van der Waals surface area contributed by atoms with E-state index >= 15 is 0 Å². The summed E-state index contributed by atoms with van der Waals surface area (Å²) in [6.45, 7) is 7.11. The SMILES string of the molecule is C=C(C)C(=O)OCC(O)COC(OCC1CO1)C(C)O. The van der Waals surface area contributed by atoms with Gasteiger partial charge in [-0.05, 0) is 13.8 Å². The molecule has 1 fully saturated rings. The van der Waals surface area contributed by atoms with Crippen LogP contribution in [0.3, 0.4) is 0 Å². The second kappa shape index (κ2) is 8.33. The first kappa shape index (κ1) is 17.1. The molecule has 1 rings (SSSR count). The highest BCUT2D eigenvalue weighted by molar-refractivity contribution is 5.86. The second-order valence-electron chi connectivity index (χ2n) is 4.76. The first-order valence-corrected chi connectivity index (χ1v) is 6.43. The quantitative estimate of drug-likeness (QED) is 0.245. The van der Waals surface area contributed by atoms with Crippen molar-refractivity contribution in [1.29, 1.82) is 0 Å². The van der Waals surface area contributed by atoms with Gasteiger partial charge in [-0.2, -0.15) is 0 Å². The molecule has 1 saturated heterocycles. The van der Waals surface area contributed by atoms with Gasteiger partial charge in [-0.3, -0.25) is 0 Å². The molecular formula is C13H22O7. The van der Waals surface area contributed by atoms with Crippen LogP contribution in [0.1, 0.15) is 13.8 Å². The average molecular weight is 290 g/mol. The Balaban J connectivity index is 2.19. The van der Waals surface area contributed by atoms with E-state index in [0.29, 0.717) is 13.2 Å². The molecule has 0 aliphatic carbocycles. The predicted molar refractivity (Wildman–Crippen MR) is 68.9 cm³/mol. The van der Waals surface area contributed by atoms with Crippen LogP contribution in [0.4, 0.5) is 0 Å². The number of aliphatic hydroxyl groups is 2. The molecule has 20 heavy (non-hydrogen) atoms. The maximum absolute atomic E-state index is 11.1. The molecule has 7 nitrogen and oxygen atoms in total. The van der Waals surface area contributed by atoms with Crippen LogP contribution >= 0.6 is 0 Å². The second-order valence-corrected chi connectivity index (χ2v) is 4.76. The summed E-state index contributed by atoms with van der Waals surface area (Å²) < 4.78 is 20.3. The number of hydrogen-bond donors (Lipinski definition) is 2. The summed E-state index contributed by atoms with van der Waals surface area (Å²) in [5.41, 5.74) is 0.257. The number of rotatable bonds is 10. The van der Waals surface area contributed by atoms with Gasteiger partial charge in [0, 0.05) is 5.57 Å². The Hall–Kier alpha value is -0.990. The summed E-state index contributed by atoms with van der Waals surface area (Å²) in [5.74, 6) is -0.571. The smallest absolute Gasteiger partial charge is 0.333 e. The number of hydrogen-bond acceptors (Lipinski definition) is 7. The highest BCUT2D eigenvalue weighted by Crippen LogP contribution is 2.12. The van der Waals surface area contributed by atoms with Gasteiger partial charge < -0.3 is 29.2 Å². The molecule has 2 N–H and O–H groups in total. The third kappa shape index (κ3) is 6.97. The molecule has 0 spiro atoms. The maximum Gasteiger partial charge on any atom is 0.333 e. The van der Waals surface area contributed by atoms with Crippen LogP contribution in [0, 0.1) is 0 Å². The summed E-state index contributed by atoms with van der Waals surface area (Å²) in [4.78, 5) is 11.1. The minimum atomic E-state index is -1.000. The Morgan fingerprint density at radius 1 is 1.40 bits per heavy atom. The molecule has 4 atom stereocenters. The van der Waals surface area contributed by atoms with E-state index in [1.54, 1.807) is 0 Å². The van der Waals surface area contributed by atoms with Gasteiger partial charge in [0.1, 0.15) is 24.9 Å². The first-order valence-electron chi connectivity index (χ1n) is 6.43. The number of carbonyl (C=O) groups is 1. The van der Waals surface area contributed by atoms with Crippen LogP contribution in [0.5, 0.6) is 0 Å². The van der Waals surface area contributed by atoms with Gasteiger partial charge in [-0.15, -0.1) is 0 Å². The molecule has 0 saturated carbocycles. The van der Waals surface area contributed by atoms with Gasteiger partial charge in [0.15, 0.2) is 6.29 Å². The molecule has 0 aromatic rings. The molecule has 1 aliphatic rings. The van der Waals surface area contributed by atoms with Gasteiger partial charge in [-0.25, -0.2) is 4.79 Å². The predicted octanol–water partition coefficient (Wildman–Crippen LogP) is -0.395. The molecule has 4 unspecified atom stereocenters. The van der Waals surface area contributed by atoms with E-state index < -0.39 is 24.5 Å². The molecule has 7 heteroatoms. The summed E-state index contributed by atoms with van der Waals surface area (Å²) >= 11 is 0. The highest BCUT2D eigenvalue weighted by atomic mass is 16.7. The number of esters is 1. The van der Waals surface area contributed by atoms with Crippen molar-refractivity contribution in [3.05, 3.63) is 12.2 Å². The molecule has 1 aliphatic heterocycles. The van der Waals surface area contributed by atoms with Gasteiger partial charge >= 0.3 is 5.97 Å². The fourth-order valence-electron chi connectivity index (χ4n) is 1.24. The van der Waals surface area contributed by atoms with E-state index in [0.717, 1.165) is 0 Å². The summed E-state index contributed by atoms with van der Waals surface area (Å²) in [6.07, 6.45) is -2.65. The molecule has 0 bridgehead atoms. The van der Waals surface area contributed by atoms with Crippen LogP contribution in [0.15, 0.2) is 12.2 Å². The summed E-state index contributed by atoms with van der Waals surface area (Å²) in [5, 5.41) is 19.1. The van der Waals surface area contributed by atoms with Crippen molar-refractivity contribution in [2.75, 3.05) is 26.4 Å². The number of ether oxygens (including phenoxy) is 4. The third-order valence-corrected chi connectivity index (χ3v) is 2.45. The molecule has 0 aromatic carbocycles. The fraction of sp³-hybridized carbons (Fsp3) is 0.769. The van der Waals surface area contributed by atoms with Crippen molar-refractivity contribution in [2.45, 2.75) is 38.4 Å². The largest absolute Gasteiger partial charge is 0.460 e. The molecule has 1 heterocycles. The third-order valence-electron chi connectivity index (χ3n) is 2.45. The van der Waals surface area contributed by atoms with Crippen molar-refractivity contribution < 1.29 is 34.0 Å². The van der Waals surface area contributed by atoms with E-state index in [1.165, 1.54) is 13.8 Å². The minimum absolute atomic E-state index is 0.0568. The lowest BCUT2D eigenvalue weighted by Crippen LogP contribution is -2.35. The molecule has 0 amide bonds. The molecule has 116 valence electrons. The standard InChI is InChI=1S/C13H22O7/c1-8(2)12(16)18-4-10(15)5-19-13(9(3)14)20-7-11-6-17-11/h9-11,13-15H,1,4-7H2,2-3H3. The van der Waals surface area contributed by atoms with Crippen molar-refractivity contribution in [1.82, 2.24) is 0 Å². The molecular weight excluding hydrogens is 268 g/mol. The van der Waals surface area contributed by atoms with E-state index in [2.05, 4.69) is 6.58 Å². The first-order chi connectivity index (χ1) is 9.40. The van der Waals surface area contributed by atoms with Crippen LogP contribution in [-0.2, 0) is 23.7 Å². The van der Waals surface area contributed by atoms with Crippen LogP contribution in [-0.4, -0.2) is 67.2 Å². The zero-order chi connectivity index (χ0) is 15.1. The number of epoxide rings is 1. The summed E-state index contributed by atoms with van der Waals surface area (Å²) in [6, 6.07) is 0. The van der Waals surface area contributed by atoms with Crippen molar-refractivity contribution in [2.24, 2.45) is 0 Å². The van der Waals surface area contributed by atoms with Gasteiger partial charge in [0.2, 0.25) is 0 Å². The lowest BCUT2D eigenvalue weighted by Gasteiger charge is -2.22. The van der Waals surface area contributed by atoms with Crippen molar-refractivity contribution in [3.63, 3.8) is 0 Å². The van der Waals surface area contributed by atoms with Gasteiger partial charge in [-0.1, -0.05) is 6.58 Å². The van der Waals surface area contributed by atoms with Crippen molar-refractivity contribution in [3.8, 4) is 0 Å². The Morgan fingerprint density at radius 2 is 2.05 bits per heavy atom. The lowest BCUT2D eigenvalue weighted by atomic mass is 10.3. The average Bonchev–Trinajstić information content (AvgIpc) is 3.19. The van der Waals surface area contributed by atoms with Crippen LogP contribution in [0.25, 0.3) is 0 Å². The number of carbonyl (C=O) groups excluding carboxylic acids is 1. The number of aliphatic hydroxyl groups excluding tert-OH is 2. The van der Waals surface area contributed by atoms with E-state index in [-0.39, 0.29) is 24.9 Å². The monoisotopic (exact) mass is 290 g/mol. The van der Waals surface area contributed by atoms with Crippen LogP contribution < -0.4 is 0 Å². The van der Waals surface area contributed by atoms with E-state index in [1.807, 2.05) is 0 Å². The zero-order valence-electron chi connectivity index (χ0n) is 11.8. The van der Waals surface area contributed by atoms with E-state index in [9.17, 15) is 15.0 Å². The molecule has 0 radical (unpaired) electrons. The molecule has 0 aromatic heterocycles. The topological polar surface area (TPSA) is 97.8 Å². The fourth-order valence-corrected chi connectivity index (χ4v) is 1.24. The minimum Gasteiger partial charge on any atom is -0.460 e. The lowest BCUT2D eigenvalue weighted by molar-refractivity contribution is -0.204. The summed E-state index contributed by atoms with van der Waals surface area (Å²) in [7, 11) is 0. The van der Waals surface area contributed by atoms with E-state index in [4.69, 9.17) is 18.9 Å². The van der Waals surface area contributed by atoms with Gasteiger partial charge in [0.05, 0.1) is 19.8 Å². The normalized spacial score (nSPS) is 21.9. The zero-order valence-corrected chi connectivity index (χ0v) is 11.8. The van der Waals surface area contributed by atoms with Crippen molar-refractivity contribution >= 4 is 5.97 Å². The Kier molecular flexibility index (Phi) is 7.11.